The summed E-state index contributed by atoms with van der Waals surface area (Å²) in [5, 5.41) is 9.86. The maximum Gasteiger partial charge on any atom is 0.166 e. The van der Waals surface area contributed by atoms with E-state index in [-0.39, 0.29) is 0 Å². The Hall–Kier alpha value is -0.690. The van der Waals surface area contributed by atoms with E-state index in [0.717, 1.165) is 31.2 Å². The first kappa shape index (κ1) is 18.1. The standard InChI is InChI=1S/C18H29N3OS2/c1-22-9-4-8-19-18(23)20-14-11-15-5-2-6-16(12-14)21(15)13-17-7-3-10-24-17/h3,7,10,14-16H,2,4-6,8-9,11-13H2,1H3,(H2,19,20,23)/t15-,16-/m0/s1. The van der Waals surface area contributed by atoms with Gasteiger partial charge in [0.15, 0.2) is 5.11 Å². The second-order valence-corrected chi connectivity index (χ2v) is 8.35. The van der Waals surface area contributed by atoms with Gasteiger partial charge in [0, 0.05) is 49.8 Å². The Kier molecular flexibility index (Phi) is 6.89. The Morgan fingerprint density at radius 2 is 2.17 bits per heavy atom. The molecule has 2 aliphatic rings. The number of hydrogen-bond donors (Lipinski definition) is 2. The summed E-state index contributed by atoms with van der Waals surface area (Å²) in [6.07, 6.45) is 7.44. The average molecular weight is 368 g/mol. The van der Waals surface area contributed by atoms with Crippen LogP contribution < -0.4 is 10.6 Å². The minimum atomic E-state index is 0.516. The van der Waals surface area contributed by atoms with Crippen molar-refractivity contribution in [2.75, 3.05) is 20.3 Å². The van der Waals surface area contributed by atoms with Crippen molar-refractivity contribution in [3.05, 3.63) is 22.4 Å². The van der Waals surface area contributed by atoms with Crippen molar-refractivity contribution in [3.63, 3.8) is 0 Å². The van der Waals surface area contributed by atoms with Crippen LogP contribution in [0.1, 0.15) is 43.4 Å². The molecule has 2 bridgehead atoms. The van der Waals surface area contributed by atoms with Crippen LogP contribution in [0, 0.1) is 0 Å². The summed E-state index contributed by atoms with van der Waals surface area (Å²) in [5.74, 6) is 0. The Morgan fingerprint density at radius 3 is 2.83 bits per heavy atom. The predicted molar refractivity (Wildman–Crippen MR) is 105 cm³/mol. The van der Waals surface area contributed by atoms with Gasteiger partial charge in [-0.05, 0) is 55.8 Å². The van der Waals surface area contributed by atoms with Gasteiger partial charge in [-0.1, -0.05) is 12.5 Å². The fraction of sp³-hybridized carbons (Fsp3) is 0.722. The van der Waals surface area contributed by atoms with Crippen molar-refractivity contribution in [3.8, 4) is 0 Å². The lowest BCUT2D eigenvalue weighted by Crippen LogP contribution is -2.57. The summed E-state index contributed by atoms with van der Waals surface area (Å²) in [6.45, 7) is 2.78. The number of thiocarbonyl (C=S) groups is 1. The molecule has 0 aromatic carbocycles. The van der Waals surface area contributed by atoms with E-state index in [2.05, 4.69) is 33.0 Å². The zero-order valence-electron chi connectivity index (χ0n) is 14.5. The van der Waals surface area contributed by atoms with Gasteiger partial charge in [0.05, 0.1) is 0 Å². The predicted octanol–water partition coefficient (Wildman–Crippen LogP) is 3.13. The van der Waals surface area contributed by atoms with Gasteiger partial charge in [-0.3, -0.25) is 4.90 Å². The third-order valence-electron chi connectivity index (χ3n) is 5.19. The van der Waals surface area contributed by atoms with Crippen LogP contribution >= 0.6 is 23.6 Å². The quantitative estimate of drug-likeness (QED) is 0.572. The minimum Gasteiger partial charge on any atom is -0.385 e. The molecule has 4 nitrogen and oxygen atoms in total. The highest BCUT2D eigenvalue weighted by Gasteiger charge is 2.38. The van der Waals surface area contributed by atoms with Crippen LogP contribution in [-0.4, -0.2) is 48.4 Å². The molecule has 1 aromatic rings. The van der Waals surface area contributed by atoms with Gasteiger partial charge >= 0.3 is 0 Å². The number of ether oxygens (including phenoxy) is 1. The third-order valence-corrected chi connectivity index (χ3v) is 6.31. The fourth-order valence-electron chi connectivity index (χ4n) is 4.09. The molecule has 0 unspecified atom stereocenters. The lowest BCUT2D eigenvalue weighted by atomic mass is 9.81. The number of fused-ring (bicyclic) bond motifs is 2. The van der Waals surface area contributed by atoms with Crippen molar-refractivity contribution in [2.45, 2.75) is 63.2 Å². The number of rotatable bonds is 7. The van der Waals surface area contributed by atoms with Gasteiger partial charge in [-0.2, -0.15) is 0 Å². The molecular weight excluding hydrogens is 338 g/mol. The number of piperidine rings is 2. The Labute approximate surface area is 155 Å². The molecular formula is C18H29N3OS2. The number of hydrogen-bond acceptors (Lipinski definition) is 4. The topological polar surface area (TPSA) is 36.5 Å². The lowest BCUT2D eigenvalue weighted by Gasteiger charge is -2.49. The molecule has 6 heteroatoms. The SMILES string of the molecule is COCCCNC(=S)NC1C[C@@H]2CCC[C@@H](C1)N2Cc1cccs1. The molecule has 3 heterocycles. The molecule has 0 spiro atoms. The third kappa shape index (κ3) is 4.91. The molecule has 2 atom stereocenters. The minimum absolute atomic E-state index is 0.516. The van der Waals surface area contributed by atoms with E-state index in [1.54, 1.807) is 7.11 Å². The van der Waals surface area contributed by atoms with E-state index in [0.29, 0.717) is 18.1 Å². The molecule has 2 saturated heterocycles. The van der Waals surface area contributed by atoms with E-state index in [1.807, 2.05) is 11.3 Å². The monoisotopic (exact) mass is 367 g/mol. The first-order chi connectivity index (χ1) is 11.8. The molecule has 0 radical (unpaired) electrons. The van der Waals surface area contributed by atoms with Crippen molar-refractivity contribution in [1.29, 1.82) is 0 Å². The summed E-state index contributed by atoms with van der Waals surface area (Å²) < 4.78 is 5.07. The van der Waals surface area contributed by atoms with Crippen LogP contribution in [0.25, 0.3) is 0 Å². The van der Waals surface area contributed by atoms with E-state index in [4.69, 9.17) is 17.0 Å². The van der Waals surface area contributed by atoms with Gasteiger partial charge in [0.1, 0.15) is 0 Å². The van der Waals surface area contributed by atoms with Gasteiger partial charge in [0.25, 0.3) is 0 Å². The maximum atomic E-state index is 5.46. The van der Waals surface area contributed by atoms with E-state index in [1.165, 1.54) is 37.0 Å². The van der Waals surface area contributed by atoms with Gasteiger partial charge in [-0.15, -0.1) is 11.3 Å². The Balaban J connectivity index is 1.48. The second-order valence-electron chi connectivity index (χ2n) is 6.91. The molecule has 0 amide bonds. The van der Waals surface area contributed by atoms with Gasteiger partial charge in [-0.25, -0.2) is 0 Å². The molecule has 3 rings (SSSR count). The number of methoxy groups -OCH3 is 1. The highest BCUT2D eigenvalue weighted by Crippen LogP contribution is 2.35. The fourth-order valence-corrected chi connectivity index (χ4v) is 5.07. The summed E-state index contributed by atoms with van der Waals surface area (Å²) in [7, 11) is 1.74. The lowest BCUT2D eigenvalue weighted by molar-refractivity contribution is 0.0218. The highest BCUT2D eigenvalue weighted by molar-refractivity contribution is 7.80. The summed E-state index contributed by atoms with van der Waals surface area (Å²) in [6, 6.07) is 6.35. The van der Waals surface area contributed by atoms with Crippen molar-refractivity contribution < 1.29 is 4.74 Å². The van der Waals surface area contributed by atoms with Crippen LogP contribution in [0.5, 0.6) is 0 Å². The molecule has 134 valence electrons. The van der Waals surface area contributed by atoms with Crippen LogP contribution in [0.4, 0.5) is 0 Å². The van der Waals surface area contributed by atoms with Crippen LogP contribution in [0.3, 0.4) is 0 Å². The molecule has 2 N–H and O–H groups in total. The Bertz CT molecular complexity index is 494. The van der Waals surface area contributed by atoms with E-state index >= 15 is 0 Å². The first-order valence-corrected chi connectivity index (χ1v) is 10.4. The average Bonchev–Trinajstić information content (AvgIpc) is 3.05. The van der Waals surface area contributed by atoms with Crippen molar-refractivity contribution in [1.82, 2.24) is 15.5 Å². The van der Waals surface area contributed by atoms with E-state index in [9.17, 15) is 0 Å². The maximum absolute atomic E-state index is 5.46. The number of nitrogens with one attached hydrogen (secondary N) is 2. The summed E-state index contributed by atoms with van der Waals surface area (Å²) in [4.78, 5) is 4.25. The van der Waals surface area contributed by atoms with Crippen LogP contribution in [-0.2, 0) is 11.3 Å². The molecule has 1 aromatic heterocycles. The highest BCUT2D eigenvalue weighted by atomic mass is 32.1. The number of nitrogens with zero attached hydrogens (tertiary/aromatic N) is 1. The molecule has 0 aliphatic carbocycles. The van der Waals surface area contributed by atoms with Crippen LogP contribution in [0.2, 0.25) is 0 Å². The van der Waals surface area contributed by atoms with Gasteiger partial charge in [0.2, 0.25) is 0 Å². The molecule has 24 heavy (non-hydrogen) atoms. The van der Waals surface area contributed by atoms with Crippen molar-refractivity contribution in [2.24, 2.45) is 0 Å². The summed E-state index contributed by atoms with van der Waals surface area (Å²) >= 11 is 7.35. The number of thiophene rings is 1. The first-order valence-electron chi connectivity index (χ1n) is 9.07. The Morgan fingerprint density at radius 1 is 1.38 bits per heavy atom. The largest absolute Gasteiger partial charge is 0.385 e. The smallest absolute Gasteiger partial charge is 0.166 e. The zero-order chi connectivity index (χ0) is 16.8. The molecule has 2 aliphatic heterocycles. The molecule has 2 fully saturated rings. The second kappa shape index (κ2) is 9.13. The summed E-state index contributed by atoms with van der Waals surface area (Å²) in [5.41, 5.74) is 0. The van der Waals surface area contributed by atoms with Crippen LogP contribution in [0.15, 0.2) is 17.5 Å². The van der Waals surface area contributed by atoms with Crippen molar-refractivity contribution >= 4 is 28.7 Å². The zero-order valence-corrected chi connectivity index (χ0v) is 16.1. The van der Waals surface area contributed by atoms with Gasteiger partial charge < -0.3 is 15.4 Å². The normalized spacial score (nSPS) is 27.0. The van der Waals surface area contributed by atoms with E-state index < -0.39 is 0 Å². The molecule has 0 saturated carbocycles.